The van der Waals surface area contributed by atoms with Gasteiger partial charge in [-0.3, -0.25) is 4.79 Å². The Morgan fingerprint density at radius 1 is 1.08 bits per heavy atom. The van der Waals surface area contributed by atoms with E-state index < -0.39 is 47.0 Å². The van der Waals surface area contributed by atoms with Crippen LogP contribution in [0.25, 0.3) is 0 Å². The summed E-state index contributed by atoms with van der Waals surface area (Å²) in [4.78, 5) is 30.9. The monoisotopic (exact) mass is 558 g/mol. The van der Waals surface area contributed by atoms with E-state index in [-0.39, 0.29) is 33.4 Å². The largest absolute Gasteiger partial charge is 0.465 e. The van der Waals surface area contributed by atoms with Crippen molar-refractivity contribution < 1.29 is 36.6 Å². The number of benzene rings is 2. The Morgan fingerprint density at radius 3 is 2.32 bits per heavy atom. The minimum Gasteiger partial charge on any atom is -0.465 e. The first-order valence-electron chi connectivity index (χ1n) is 10.7. The zero-order valence-corrected chi connectivity index (χ0v) is 21.2. The molecule has 0 N–H and O–H groups in total. The highest BCUT2D eigenvalue weighted by atomic mass is 35.5. The Hall–Kier alpha value is -3.37. The van der Waals surface area contributed by atoms with E-state index in [0.717, 1.165) is 36.3 Å². The topological polar surface area (TPSA) is 68.7 Å². The molecule has 1 amide bonds. The fourth-order valence-electron chi connectivity index (χ4n) is 3.43. The number of esters is 1. The average molecular weight is 559 g/mol. The number of alkyl halides is 4. The lowest BCUT2D eigenvalue weighted by molar-refractivity contribution is -0.138. The number of carbonyl (C=O) groups excluding carboxylic acids is 2. The lowest BCUT2D eigenvalue weighted by atomic mass is 10.1. The molecule has 0 saturated heterocycles. The molecule has 37 heavy (non-hydrogen) atoms. The Labute approximate surface area is 219 Å². The van der Waals surface area contributed by atoms with Crippen LogP contribution in [0.2, 0.25) is 5.02 Å². The van der Waals surface area contributed by atoms with Gasteiger partial charge in [0.15, 0.2) is 11.6 Å². The molecule has 2 aromatic carbocycles. The van der Waals surface area contributed by atoms with E-state index in [0.29, 0.717) is 0 Å². The zero-order valence-electron chi connectivity index (χ0n) is 19.7. The summed E-state index contributed by atoms with van der Waals surface area (Å²) < 4.78 is 66.2. The second-order valence-electron chi connectivity index (χ2n) is 7.99. The fraction of sp³-hybridized carbons (Fsp3) is 0.240. The van der Waals surface area contributed by atoms with E-state index in [1.807, 2.05) is 0 Å². The van der Waals surface area contributed by atoms with Gasteiger partial charge in [-0.25, -0.2) is 14.2 Å². The van der Waals surface area contributed by atoms with Crippen LogP contribution in [-0.4, -0.2) is 30.0 Å². The third kappa shape index (κ3) is 6.31. The molecule has 3 aromatic rings. The van der Waals surface area contributed by atoms with Crippen molar-refractivity contribution in [2.45, 2.75) is 31.9 Å². The normalized spacial score (nSPS) is 11.4. The SMILES string of the molecule is COC(=O)c1cc(Oc2ccc(CCl)cc2C(F)(F)F)c(F)cc1N(C(=O)c1ccc(Cl)cn1)C(C)C. The summed E-state index contributed by atoms with van der Waals surface area (Å²) in [5, 5.41) is 0.285. The molecule has 3 rings (SSSR count). The van der Waals surface area contributed by atoms with Crippen molar-refractivity contribution in [2.24, 2.45) is 0 Å². The second-order valence-corrected chi connectivity index (χ2v) is 8.69. The second kappa shape index (κ2) is 11.4. The molecule has 1 aromatic heterocycles. The Morgan fingerprint density at radius 2 is 1.78 bits per heavy atom. The smallest absolute Gasteiger partial charge is 0.419 e. The summed E-state index contributed by atoms with van der Waals surface area (Å²) in [7, 11) is 1.06. The van der Waals surface area contributed by atoms with Crippen molar-refractivity contribution in [3.05, 3.63) is 81.9 Å². The first kappa shape index (κ1) is 28.2. The highest BCUT2D eigenvalue weighted by Gasteiger charge is 2.35. The quantitative estimate of drug-likeness (QED) is 0.173. The van der Waals surface area contributed by atoms with Crippen molar-refractivity contribution in [2.75, 3.05) is 12.0 Å². The first-order valence-corrected chi connectivity index (χ1v) is 11.6. The van der Waals surface area contributed by atoms with Gasteiger partial charge in [-0.2, -0.15) is 13.2 Å². The molecule has 0 radical (unpaired) electrons. The van der Waals surface area contributed by atoms with Crippen molar-refractivity contribution in [3.63, 3.8) is 0 Å². The maximum absolute atomic E-state index is 15.2. The van der Waals surface area contributed by atoms with Crippen molar-refractivity contribution in [1.82, 2.24) is 4.98 Å². The zero-order chi connectivity index (χ0) is 27.5. The van der Waals surface area contributed by atoms with Crippen molar-refractivity contribution >= 4 is 40.8 Å². The molecule has 0 bridgehead atoms. The number of halogens is 6. The number of amides is 1. The van der Waals surface area contributed by atoms with Crippen LogP contribution in [0.4, 0.5) is 23.2 Å². The molecule has 0 aliphatic rings. The van der Waals surface area contributed by atoms with Crippen LogP contribution in [0.5, 0.6) is 11.5 Å². The number of aromatic nitrogens is 1. The third-order valence-corrected chi connectivity index (χ3v) is 5.65. The number of anilines is 1. The van der Waals surface area contributed by atoms with Gasteiger partial charge in [0.1, 0.15) is 11.4 Å². The van der Waals surface area contributed by atoms with Gasteiger partial charge in [0.25, 0.3) is 5.91 Å². The predicted molar refractivity (Wildman–Crippen MR) is 130 cm³/mol. The van der Waals surface area contributed by atoms with Gasteiger partial charge in [-0.1, -0.05) is 17.7 Å². The molecule has 0 aliphatic carbocycles. The number of hydrogen-bond donors (Lipinski definition) is 0. The van der Waals surface area contributed by atoms with Crippen LogP contribution in [0.15, 0.2) is 48.7 Å². The van der Waals surface area contributed by atoms with Crippen LogP contribution in [-0.2, 0) is 16.8 Å². The number of hydrogen-bond acceptors (Lipinski definition) is 5. The van der Waals surface area contributed by atoms with Crippen LogP contribution < -0.4 is 9.64 Å². The first-order chi connectivity index (χ1) is 17.4. The van der Waals surface area contributed by atoms with E-state index in [4.69, 9.17) is 32.7 Å². The van der Waals surface area contributed by atoms with Gasteiger partial charge >= 0.3 is 12.1 Å². The van der Waals surface area contributed by atoms with Gasteiger partial charge < -0.3 is 14.4 Å². The van der Waals surface area contributed by atoms with Gasteiger partial charge in [-0.05, 0) is 43.7 Å². The molecule has 12 heteroatoms. The standard InChI is InChI=1S/C25H20Cl2F4N2O4/c1-13(2)33(23(34)19-6-5-15(27)12-32-19)20-10-18(28)22(9-16(20)24(35)36-3)37-21-7-4-14(11-26)8-17(21)25(29,30)31/h4-10,12-13H,11H2,1-3H3. The fourth-order valence-corrected chi connectivity index (χ4v) is 3.71. The molecule has 0 atom stereocenters. The molecule has 6 nitrogen and oxygen atoms in total. The molecule has 1 heterocycles. The van der Waals surface area contributed by atoms with Crippen LogP contribution in [0.1, 0.15) is 45.8 Å². The number of rotatable bonds is 7. The number of ether oxygens (including phenoxy) is 2. The van der Waals surface area contributed by atoms with E-state index in [1.54, 1.807) is 13.8 Å². The molecule has 0 fully saturated rings. The van der Waals surface area contributed by atoms with Gasteiger partial charge in [-0.15, -0.1) is 11.6 Å². The summed E-state index contributed by atoms with van der Waals surface area (Å²) in [5.74, 6) is -4.35. The van der Waals surface area contributed by atoms with Gasteiger partial charge in [0, 0.05) is 30.3 Å². The maximum Gasteiger partial charge on any atom is 0.419 e. The lowest BCUT2D eigenvalue weighted by Gasteiger charge is -2.28. The summed E-state index contributed by atoms with van der Waals surface area (Å²) in [5.41, 5.74) is -1.55. The van der Waals surface area contributed by atoms with Crippen LogP contribution in [0, 0.1) is 5.82 Å². The lowest BCUT2D eigenvalue weighted by Crippen LogP contribution is -2.38. The Bertz CT molecular complexity index is 1320. The van der Waals surface area contributed by atoms with E-state index in [2.05, 4.69) is 4.98 Å². The number of pyridine rings is 1. The molecule has 0 aliphatic heterocycles. The van der Waals surface area contributed by atoms with E-state index in [1.165, 1.54) is 24.4 Å². The summed E-state index contributed by atoms with van der Waals surface area (Å²) in [6.45, 7) is 3.23. The molecule has 196 valence electrons. The van der Waals surface area contributed by atoms with Crippen molar-refractivity contribution in [1.29, 1.82) is 0 Å². The minimum atomic E-state index is -4.83. The number of methoxy groups -OCH3 is 1. The summed E-state index contributed by atoms with van der Waals surface area (Å²) in [6.07, 6.45) is -3.58. The Balaban J connectivity index is 2.14. The highest BCUT2D eigenvalue weighted by Crippen LogP contribution is 2.41. The molecular weight excluding hydrogens is 539 g/mol. The summed E-state index contributed by atoms with van der Waals surface area (Å²) in [6, 6.07) is 6.97. The minimum absolute atomic E-state index is 0.0381. The van der Waals surface area contributed by atoms with E-state index >= 15 is 4.39 Å². The molecular formula is C25H20Cl2F4N2O4. The molecule has 0 unspecified atom stereocenters. The van der Waals surface area contributed by atoms with Gasteiger partial charge in [0.05, 0.1) is 28.9 Å². The van der Waals surface area contributed by atoms with Gasteiger partial charge in [0.2, 0.25) is 0 Å². The number of nitrogens with zero attached hydrogens (tertiary/aromatic N) is 2. The van der Waals surface area contributed by atoms with Crippen LogP contribution in [0.3, 0.4) is 0 Å². The van der Waals surface area contributed by atoms with Crippen molar-refractivity contribution in [3.8, 4) is 11.5 Å². The van der Waals surface area contributed by atoms with E-state index in [9.17, 15) is 22.8 Å². The average Bonchev–Trinajstić information content (AvgIpc) is 2.84. The highest BCUT2D eigenvalue weighted by molar-refractivity contribution is 6.30. The molecule has 0 spiro atoms. The maximum atomic E-state index is 15.2. The molecule has 0 saturated carbocycles. The Kier molecular flexibility index (Phi) is 8.65. The predicted octanol–water partition coefficient (Wildman–Crippen LogP) is 7.27. The number of carbonyl (C=O) groups is 2. The van der Waals surface area contributed by atoms with Crippen LogP contribution >= 0.6 is 23.2 Å². The summed E-state index contributed by atoms with van der Waals surface area (Å²) >= 11 is 11.5. The third-order valence-electron chi connectivity index (χ3n) is 5.12.